The van der Waals surface area contributed by atoms with Crippen molar-refractivity contribution in [3.63, 3.8) is 0 Å². The van der Waals surface area contributed by atoms with Crippen LogP contribution in [0.3, 0.4) is 0 Å². The van der Waals surface area contributed by atoms with Crippen molar-refractivity contribution in [3.8, 4) is 0 Å². The molecule has 0 aromatic carbocycles. The second-order valence-corrected chi connectivity index (χ2v) is 2.58. The molecule has 1 heterocycles. The van der Waals surface area contributed by atoms with E-state index >= 15 is 0 Å². The van der Waals surface area contributed by atoms with E-state index in [1.54, 1.807) is 0 Å². The van der Waals surface area contributed by atoms with Crippen LogP contribution in [0.1, 0.15) is 12.8 Å². The van der Waals surface area contributed by atoms with Crippen LogP contribution in [0.5, 0.6) is 0 Å². The number of hydrogen-bond acceptors (Lipinski definition) is 2. The van der Waals surface area contributed by atoms with Gasteiger partial charge in [-0.15, -0.1) is 12.6 Å². The van der Waals surface area contributed by atoms with Gasteiger partial charge in [-0.1, -0.05) is 6.08 Å². The summed E-state index contributed by atoms with van der Waals surface area (Å²) in [5, 5.41) is 1.12. The minimum absolute atomic E-state index is 1.12. The molecule has 2 heteroatoms. The fourth-order valence-corrected chi connectivity index (χ4v) is 1.06. The van der Waals surface area contributed by atoms with Crippen molar-refractivity contribution in [2.45, 2.75) is 12.8 Å². The molecule has 8 heavy (non-hydrogen) atoms. The number of thiol groups is 1. The molecule has 0 N–H and O–H groups in total. The Morgan fingerprint density at radius 3 is 2.88 bits per heavy atom. The smallest absolute Gasteiger partial charge is 0.0633 e. The van der Waals surface area contributed by atoms with Crippen LogP contribution in [0.2, 0.25) is 0 Å². The van der Waals surface area contributed by atoms with Crippen LogP contribution >= 0.6 is 12.6 Å². The van der Waals surface area contributed by atoms with E-state index in [1.165, 1.54) is 12.8 Å². The normalized spacial score (nSPS) is 20.8. The van der Waals surface area contributed by atoms with Crippen LogP contribution in [0.25, 0.3) is 0 Å². The minimum Gasteiger partial charge on any atom is -0.370 e. The maximum Gasteiger partial charge on any atom is 0.0633 e. The maximum absolute atomic E-state index is 4.24. The van der Waals surface area contributed by atoms with Crippen LogP contribution in [0, 0.1) is 0 Å². The molecule has 1 aliphatic rings. The van der Waals surface area contributed by atoms with Gasteiger partial charge in [0.15, 0.2) is 0 Å². The highest BCUT2D eigenvalue weighted by molar-refractivity contribution is 7.84. The first kappa shape index (κ1) is 6.02. The lowest BCUT2D eigenvalue weighted by Crippen LogP contribution is -2.18. The summed E-state index contributed by atoms with van der Waals surface area (Å²) in [4.78, 5) is 2.16. The molecule has 0 saturated heterocycles. The van der Waals surface area contributed by atoms with Gasteiger partial charge < -0.3 is 4.90 Å². The van der Waals surface area contributed by atoms with Crippen molar-refractivity contribution in [1.82, 2.24) is 4.90 Å². The van der Waals surface area contributed by atoms with Gasteiger partial charge in [0.25, 0.3) is 0 Å². The fourth-order valence-electron chi connectivity index (χ4n) is 0.830. The van der Waals surface area contributed by atoms with E-state index in [-0.39, 0.29) is 0 Å². The monoisotopic (exact) mass is 129 g/mol. The van der Waals surface area contributed by atoms with Crippen molar-refractivity contribution in [2.24, 2.45) is 0 Å². The highest BCUT2D eigenvalue weighted by atomic mass is 32.1. The molecule has 0 aliphatic carbocycles. The third kappa shape index (κ3) is 1.19. The Morgan fingerprint density at radius 1 is 1.75 bits per heavy atom. The average Bonchev–Trinajstić information content (AvgIpc) is 1.77. The van der Waals surface area contributed by atoms with Crippen molar-refractivity contribution >= 4 is 12.6 Å². The molecular weight excluding hydrogens is 118 g/mol. The summed E-state index contributed by atoms with van der Waals surface area (Å²) in [7, 11) is 2.07. The predicted octanol–water partition coefficient (Wildman–Crippen LogP) is 1.48. The minimum atomic E-state index is 1.12. The summed E-state index contributed by atoms with van der Waals surface area (Å²) < 4.78 is 0. The van der Waals surface area contributed by atoms with Crippen LogP contribution in [-0.2, 0) is 0 Å². The van der Waals surface area contributed by atoms with Gasteiger partial charge in [0, 0.05) is 13.6 Å². The van der Waals surface area contributed by atoms with Gasteiger partial charge in [0.2, 0.25) is 0 Å². The van der Waals surface area contributed by atoms with Crippen molar-refractivity contribution < 1.29 is 0 Å². The predicted molar refractivity (Wildman–Crippen MR) is 38.9 cm³/mol. The lowest BCUT2D eigenvalue weighted by atomic mass is 10.2. The van der Waals surface area contributed by atoms with Crippen molar-refractivity contribution in [1.29, 1.82) is 0 Å². The first-order valence-electron chi connectivity index (χ1n) is 2.91. The Hall–Kier alpha value is -0.110. The summed E-state index contributed by atoms with van der Waals surface area (Å²) in [6.07, 6.45) is 4.64. The molecule has 0 saturated carbocycles. The molecule has 0 unspecified atom stereocenters. The van der Waals surface area contributed by atoms with Crippen LogP contribution in [0.15, 0.2) is 11.1 Å². The lowest BCUT2D eigenvalue weighted by molar-refractivity contribution is 0.416. The number of nitrogens with zero attached hydrogens (tertiary/aromatic N) is 1. The third-order valence-electron chi connectivity index (χ3n) is 1.42. The molecule has 0 amide bonds. The fraction of sp³-hybridized carbons (Fsp3) is 0.667. The van der Waals surface area contributed by atoms with Crippen molar-refractivity contribution in [2.75, 3.05) is 13.6 Å². The number of hydrogen-bond donors (Lipinski definition) is 1. The first-order valence-corrected chi connectivity index (χ1v) is 3.35. The summed E-state index contributed by atoms with van der Waals surface area (Å²) in [6.45, 7) is 1.16. The highest BCUT2D eigenvalue weighted by Crippen LogP contribution is 2.14. The van der Waals surface area contributed by atoms with Gasteiger partial charge >= 0.3 is 0 Å². The van der Waals surface area contributed by atoms with E-state index in [9.17, 15) is 0 Å². The van der Waals surface area contributed by atoms with Gasteiger partial charge in [0.05, 0.1) is 5.03 Å². The zero-order chi connectivity index (χ0) is 5.98. The second-order valence-electron chi connectivity index (χ2n) is 2.13. The van der Waals surface area contributed by atoms with Gasteiger partial charge in [-0.2, -0.15) is 0 Å². The van der Waals surface area contributed by atoms with E-state index in [0.29, 0.717) is 0 Å². The summed E-state index contributed by atoms with van der Waals surface area (Å²) in [5.41, 5.74) is 0. The molecule has 0 aromatic rings. The van der Waals surface area contributed by atoms with Crippen molar-refractivity contribution in [3.05, 3.63) is 11.1 Å². The maximum atomic E-state index is 4.24. The number of rotatable bonds is 0. The Balaban J connectivity index is 2.53. The van der Waals surface area contributed by atoms with E-state index in [1.807, 2.05) is 0 Å². The van der Waals surface area contributed by atoms with Gasteiger partial charge in [-0.25, -0.2) is 0 Å². The Kier molecular flexibility index (Phi) is 1.84. The lowest BCUT2D eigenvalue weighted by Gasteiger charge is -2.22. The summed E-state index contributed by atoms with van der Waals surface area (Å²) >= 11 is 4.24. The molecule has 0 bridgehead atoms. The average molecular weight is 129 g/mol. The highest BCUT2D eigenvalue weighted by Gasteiger charge is 2.02. The Bertz CT molecular complexity index is 109. The molecule has 0 fully saturated rings. The van der Waals surface area contributed by atoms with Crippen LogP contribution < -0.4 is 0 Å². The topological polar surface area (TPSA) is 3.24 Å². The zero-order valence-corrected chi connectivity index (χ0v) is 5.99. The third-order valence-corrected chi connectivity index (χ3v) is 1.94. The van der Waals surface area contributed by atoms with Gasteiger partial charge in [-0.05, 0) is 12.8 Å². The summed E-state index contributed by atoms with van der Waals surface area (Å²) in [6, 6.07) is 0. The van der Waals surface area contributed by atoms with Gasteiger partial charge in [-0.3, -0.25) is 0 Å². The van der Waals surface area contributed by atoms with E-state index in [2.05, 4.69) is 30.7 Å². The Labute approximate surface area is 55.8 Å². The first-order chi connectivity index (χ1) is 3.80. The zero-order valence-electron chi connectivity index (χ0n) is 5.09. The van der Waals surface area contributed by atoms with E-state index in [4.69, 9.17) is 0 Å². The molecule has 0 atom stereocenters. The number of allylic oxidation sites excluding steroid dienone is 1. The van der Waals surface area contributed by atoms with Crippen LogP contribution in [-0.4, -0.2) is 18.5 Å². The molecule has 1 aliphatic heterocycles. The van der Waals surface area contributed by atoms with E-state index in [0.717, 1.165) is 11.6 Å². The Morgan fingerprint density at radius 2 is 2.50 bits per heavy atom. The molecule has 0 spiro atoms. The molecule has 46 valence electrons. The molecule has 1 rings (SSSR count). The summed E-state index contributed by atoms with van der Waals surface area (Å²) in [5.74, 6) is 0. The molecule has 1 nitrogen and oxygen atoms in total. The molecular formula is C6H11NS. The second kappa shape index (κ2) is 2.44. The molecule has 0 radical (unpaired) electrons. The quantitative estimate of drug-likeness (QED) is 0.485. The molecule has 0 aromatic heterocycles. The van der Waals surface area contributed by atoms with E-state index < -0.39 is 0 Å². The van der Waals surface area contributed by atoms with Crippen LogP contribution in [0.4, 0.5) is 0 Å². The largest absolute Gasteiger partial charge is 0.370 e. The SMILES string of the molecule is CN1CCCC=C1S. The standard InChI is InChI=1S/C6H11NS/c1-7-5-3-2-4-6(7)8/h4,8H,2-3,5H2,1H3. The van der Waals surface area contributed by atoms with Gasteiger partial charge in [0.1, 0.15) is 0 Å².